The topological polar surface area (TPSA) is 17.1 Å². The highest BCUT2D eigenvalue weighted by Gasteiger charge is 1.84. The summed E-state index contributed by atoms with van der Waals surface area (Å²) in [6.07, 6.45) is 1.97. The summed E-state index contributed by atoms with van der Waals surface area (Å²) in [4.78, 5) is 9.62. The first-order valence-electron chi connectivity index (χ1n) is 1.93. The molecule has 0 rings (SSSR count). The van der Waals surface area contributed by atoms with Gasteiger partial charge in [-0.1, -0.05) is 12.2 Å². The van der Waals surface area contributed by atoms with Crippen LogP contribution in [0.25, 0.3) is 0 Å². The lowest BCUT2D eigenvalue weighted by atomic mass is 10.4. The Balaban J connectivity index is 2.97. The highest BCUT2D eigenvalue weighted by atomic mass is 32.1. The van der Waals surface area contributed by atoms with E-state index in [0.717, 1.165) is 6.29 Å². The average Bonchev–Trinajstić information content (AvgIpc) is 1.61. The predicted molar refractivity (Wildman–Crippen MR) is 36.9 cm³/mol. The summed E-state index contributed by atoms with van der Waals surface area (Å²) in [6, 6.07) is 0. The molecule has 0 fully saturated rings. The van der Waals surface area contributed by atoms with Crippen molar-refractivity contribution in [2.45, 2.75) is 12.8 Å². The highest BCUT2D eigenvalue weighted by molar-refractivity contribution is 8.11. The Bertz CT molecular complexity index is 79.8. The zero-order valence-electron chi connectivity index (χ0n) is 3.76. The molecule has 0 unspecified atom stereocenters. The maximum atomic E-state index is 9.62. The summed E-state index contributed by atoms with van der Waals surface area (Å²) in [7, 11) is 0. The van der Waals surface area contributed by atoms with Crippen molar-refractivity contribution in [2.24, 2.45) is 0 Å². The maximum absolute atomic E-state index is 9.62. The van der Waals surface area contributed by atoms with E-state index in [2.05, 4.69) is 24.8 Å². The van der Waals surface area contributed by atoms with Crippen LogP contribution in [0, 0.1) is 0 Å². The van der Waals surface area contributed by atoms with Crippen LogP contribution in [0.1, 0.15) is 12.8 Å². The SMILES string of the molecule is O=CCCC(=S)S. The molecule has 40 valence electrons. The maximum Gasteiger partial charge on any atom is 0.120 e. The van der Waals surface area contributed by atoms with Gasteiger partial charge in [0.2, 0.25) is 0 Å². The number of aldehydes is 1. The lowest BCUT2D eigenvalue weighted by molar-refractivity contribution is -0.107. The molecular weight excluding hydrogens is 128 g/mol. The van der Waals surface area contributed by atoms with Crippen molar-refractivity contribution in [2.75, 3.05) is 0 Å². The Morgan fingerprint density at radius 1 is 1.86 bits per heavy atom. The van der Waals surface area contributed by atoms with E-state index in [0.29, 0.717) is 17.0 Å². The first-order chi connectivity index (χ1) is 3.27. The van der Waals surface area contributed by atoms with Gasteiger partial charge >= 0.3 is 0 Å². The largest absolute Gasteiger partial charge is 0.303 e. The number of hydrogen-bond acceptors (Lipinski definition) is 2. The van der Waals surface area contributed by atoms with Gasteiger partial charge in [0.15, 0.2) is 0 Å². The first-order valence-corrected chi connectivity index (χ1v) is 2.78. The van der Waals surface area contributed by atoms with Gasteiger partial charge < -0.3 is 4.79 Å². The van der Waals surface area contributed by atoms with E-state index in [9.17, 15) is 4.79 Å². The molecule has 0 aromatic heterocycles. The van der Waals surface area contributed by atoms with Gasteiger partial charge in [0.25, 0.3) is 0 Å². The summed E-state index contributed by atoms with van der Waals surface area (Å²) in [5.41, 5.74) is 0. The molecule has 7 heavy (non-hydrogen) atoms. The second kappa shape index (κ2) is 4.27. The summed E-state index contributed by atoms with van der Waals surface area (Å²) in [5.74, 6) is 0. The Labute approximate surface area is 53.5 Å². The minimum atomic E-state index is 0.502. The smallest absolute Gasteiger partial charge is 0.120 e. The van der Waals surface area contributed by atoms with Crippen LogP contribution in [-0.2, 0) is 4.79 Å². The van der Waals surface area contributed by atoms with Crippen LogP contribution in [0.2, 0.25) is 0 Å². The van der Waals surface area contributed by atoms with Gasteiger partial charge in [-0.25, -0.2) is 0 Å². The number of thiocarbonyl (C=S) groups is 1. The number of carbonyl (C=O) groups is 1. The molecule has 0 aliphatic rings. The fourth-order valence-electron chi connectivity index (χ4n) is 0.182. The molecule has 3 heteroatoms. The second-order valence-corrected chi connectivity index (χ2v) is 2.43. The van der Waals surface area contributed by atoms with E-state index in [1.807, 2.05) is 0 Å². The molecule has 0 aliphatic heterocycles. The van der Waals surface area contributed by atoms with Gasteiger partial charge in [-0.3, -0.25) is 0 Å². The third kappa shape index (κ3) is 6.11. The highest BCUT2D eigenvalue weighted by Crippen LogP contribution is 1.92. The lowest BCUT2D eigenvalue weighted by Gasteiger charge is -1.83. The van der Waals surface area contributed by atoms with E-state index in [-0.39, 0.29) is 0 Å². The molecule has 0 aromatic carbocycles. The molecule has 0 aromatic rings. The van der Waals surface area contributed by atoms with Crippen molar-refractivity contribution in [3.63, 3.8) is 0 Å². The minimum Gasteiger partial charge on any atom is -0.303 e. The summed E-state index contributed by atoms with van der Waals surface area (Å²) in [5, 5.41) is 0. The molecule has 0 N–H and O–H groups in total. The van der Waals surface area contributed by atoms with Gasteiger partial charge in [-0.05, 0) is 6.42 Å². The van der Waals surface area contributed by atoms with Crippen molar-refractivity contribution in [1.82, 2.24) is 0 Å². The van der Waals surface area contributed by atoms with E-state index >= 15 is 0 Å². The van der Waals surface area contributed by atoms with E-state index in [1.165, 1.54) is 0 Å². The van der Waals surface area contributed by atoms with E-state index in [4.69, 9.17) is 0 Å². The number of hydrogen-bond donors (Lipinski definition) is 1. The van der Waals surface area contributed by atoms with Crippen LogP contribution < -0.4 is 0 Å². The zero-order chi connectivity index (χ0) is 5.70. The fourth-order valence-corrected chi connectivity index (χ4v) is 0.429. The second-order valence-electron chi connectivity index (χ2n) is 1.10. The normalized spacial score (nSPS) is 8.14. The number of thiol groups is 1. The fraction of sp³-hybridized carbons (Fsp3) is 0.500. The molecule has 0 saturated carbocycles. The molecule has 0 radical (unpaired) electrons. The van der Waals surface area contributed by atoms with Gasteiger partial charge in [0.05, 0.1) is 0 Å². The average molecular weight is 134 g/mol. The molecule has 0 atom stereocenters. The molecule has 0 amide bonds. The summed E-state index contributed by atoms with van der Waals surface area (Å²) in [6.45, 7) is 0. The third-order valence-corrected chi connectivity index (χ3v) is 0.904. The van der Waals surface area contributed by atoms with Crippen LogP contribution in [0.15, 0.2) is 0 Å². The van der Waals surface area contributed by atoms with Crippen LogP contribution in [0.5, 0.6) is 0 Å². The van der Waals surface area contributed by atoms with Crippen LogP contribution in [0.3, 0.4) is 0 Å². The van der Waals surface area contributed by atoms with Crippen molar-refractivity contribution in [3.05, 3.63) is 0 Å². The van der Waals surface area contributed by atoms with Crippen molar-refractivity contribution in [3.8, 4) is 0 Å². The van der Waals surface area contributed by atoms with Gasteiger partial charge in [0, 0.05) is 10.6 Å². The predicted octanol–water partition coefficient (Wildman–Crippen LogP) is 1.22. The Hall–Kier alpha value is 0.110. The molecule has 0 heterocycles. The summed E-state index contributed by atoms with van der Waals surface area (Å²) < 4.78 is 0.604. The number of rotatable bonds is 3. The Morgan fingerprint density at radius 2 is 2.43 bits per heavy atom. The van der Waals surface area contributed by atoms with Gasteiger partial charge in [-0.2, -0.15) is 0 Å². The Morgan fingerprint density at radius 3 is 2.57 bits per heavy atom. The van der Waals surface area contributed by atoms with E-state index < -0.39 is 0 Å². The summed E-state index contributed by atoms with van der Waals surface area (Å²) >= 11 is 8.37. The Kier molecular flexibility index (Phi) is 4.34. The third-order valence-electron chi connectivity index (χ3n) is 0.476. The standard InChI is InChI=1S/C4H6OS2/c5-3-1-2-4(6)7/h3H,1-2H2,(H,6,7). The quantitative estimate of drug-likeness (QED) is 0.355. The molecule has 0 bridgehead atoms. The van der Waals surface area contributed by atoms with Crippen molar-refractivity contribution in [1.29, 1.82) is 0 Å². The molecular formula is C4H6OS2. The first kappa shape index (κ1) is 7.11. The molecule has 0 spiro atoms. The molecule has 1 nitrogen and oxygen atoms in total. The van der Waals surface area contributed by atoms with E-state index in [1.54, 1.807) is 0 Å². The monoisotopic (exact) mass is 134 g/mol. The van der Waals surface area contributed by atoms with Crippen LogP contribution in [0.4, 0.5) is 0 Å². The zero-order valence-corrected chi connectivity index (χ0v) is 5.47. The molecule has 0 aliphatic carbocycles. The molecule has 0 saturated heterocycles. The van der Waals surface area contributed by atoms with Gasteiger partial charge in [0.1, 0.15) is 6.29 Å². The van der Waals surface area contributed by atoms with Gasteiger partial charge in [-0.15, -0.1) is 12.6 Å². The minimum absolute atomic E-state index is 0.502. The van der Waals surface area contributed by atoms with Crippen molar-refractivity contribution >= 4 is 35.3 Å². The van der Waals surface area contributed by atoms with Crippen LogP contribution >= 0.6 is 24.8 Å². The van der Waals surface area contributed by atoms with Crippen molar-refractivity contribution < 1.29 is 4.79 Å². The van der Waals surface area contributed by atoms with Crippen LogP contribution in [-0.4, -0.2) is 10.5 Å². The lowest BCUT2D eigenvalue weighted by Crippen LogP contribution is -1.81. The number of carbonyl (C=O) groups excluding carboxylic acids is 1.